The lowest BCUT2D eigenvalue weighted by molar-refractivity contribution is 0.192. The minimum Gasteiger partial charge on any atom is -0.306 e. The zero-order chi connectivity index (χ0) is 12.5. The van der Waals surface area contributed by atoms with E-state index in [0.717, 1.165) is 11.8 Å². The number of nitrogens with zero attached hydrogens (tertiary/aromatic N) is 1. The lowest BCUT2D eigenvalue weighted by Gasteiger charge is -2.36. The minimum atomic E-state index is 0.499. The zero-order valence-corrected chi connectivity index (χ0v) is 11.5. The summed E-state index contributed by atoms with van der Waals surface area (Å²) in [6.45, 7) is 4.81. The van der Waals surface area contributed by atoms with E-state index in [1.54, 1.807) is 0 Å². The van der Waals surface area contributed by atoms with Crippen LogP contribution in [-0.4, -0.2) is 11.0 Å². The second kappa shape index (κ2) is 5.00. The van der Waals surface area contributed by atoms with Crippen molar-refractivity contribution in [3.63, 3.8) is 0 Å². The first-order valence-electron chi connectivity index (χ1n) is 7.45. The number of fused-ring (bicyclic) bond motifs is 1. The summed E-state index contributed by atoms with van der Waals surface area (Å²) >= 11 is 0. The van der Waals surface area contributed by atoms with Gasteiger partial charge in [0.05, 0.1) is 11.7 Å². The van der Waals surface area contributed by atoms with Gasteiger partial charge in [-0.15, -0.1) is 0 Å². The average molecular weight is 244 g/mol. The third-order valence-electron chi connectivity index (χ3n) is 5.08. The molecule has 1 N–H and O–H groups in total. The van der Waals surface area contributed by atoms with E-state index in [1.807, 2.05) is 6.20 Å². The monoisotopic (exact) mass is 244 g/mol. The first-order valence-corrected chi connectivity index (χ1v) is 7.45. The first kappa shape index (κ1) is 12.2. The van der Waals surface area contributed by atoms with Crippen LogP contribution in [0.25, 0.3) is 0 Å². The normalized spacial score (nSPS) is 35.4. The second-order valence-electron chi connectivity index (χ2n) is 6.18. The van der Waals surface area contributed by atoms with Crippen molar-refractivity contribution in [3.8, 4) is 0 Å². The summed E-state index contributed by atoms with van der Waals surface area (Å²) < 4.78 is 0. The molecular weight excluding hydrogens is 220 g/mol. The van der Waals surface area contributed by atoms with Gasteiger partial charge in [-0.1, -0.05) is 32.8 Å². The third-order valence-corrected chi connectivity index (χ3v) is 5.08. The van der Waals surface area contributed by atoms with Gasteiger partial charge in [0.25, 0.3) is 0 Å². The van der Waals surface area contributed by atoms with E-state index >= 15 is 0 Å². The molecule has 0 bridgehead atoms. The second-order valence-corrected chi connectivity index (χ2v) is 6.18. The number of rotatable bonds is 2. The van der Waals surface area contributed by atoms with Crippen LogP contribution in [0.4, 0.5) is 0 Å². The lowest BCUT2D eigenvalue weighted by Crippen LogP contribution is -2.42. The van der Waals surface area contributed by atoms with Gasteiger partial charge in [0.2, 0.25) is 0 Å². The number of aromatic nitrogens is 1. The molecule has 2 aliphatic rings. The highest BCUT2D eigenvalue weighted by Crippen LogP contribution is 2.34. The molecule has 0 amide bonds. The molecule has 4 unspecified atom stereocenters. The van der Waals surface area contributed by atoms with Gasteiger partial charge in [-0.2, -0.15) is 0 Å². The van der Waals surface area contributed by atoms with E-state index in [0.29, 0.717) is 12.1 Å². The number of nitrogens with one attached hydrogen (secondary N) is 1. The Labute approximate surface area is 110 Å². The fourth-order valence-electron chi connectivity index (χ4n) is 3.65. The molecule has 2 heteroatoms. The zero-order valence-electron chi connectivity index (χ0n) is 11.5. The van der Waals surface area contributed by atoms with Gasteiger partial charge in [0.1, 0.15) is 0 Å². The van der Waals surface area contributed by atoms with Gasteiger partial charge in [-0.25, -0.2) is 0 Å². The van der Waals surface area contributed by atoms with Crippen LogP contribution in [0.3, 0.4) is 0 Å². The van der Waals surface area contributed by atoms with Crippen LogP contribution in [0.1, 0.15) is 56.8 Å². The Morgan fingerprint density at radius 3 is 3.00 bits per heavy atom. The molecule has 0 saturated heterocycles. The molecule has 18 heavy (non-hydrogen) atoms. The van der Waals surface area contributed by atoms with Crippen molar-refractivity contribution in [2.45, 2.75) is 58.0 Å². The summed E-state index contributed by atoms with van der Waals surface area (Å²) in [4.78, 5) is 4.59. The molecule has 0 spiro atoms. The highest BCUT2D eigenvalue weighted by Gasteiger charge is 2.31. The number of pyridine rings is 1. The van der Waals surface area contributed by atoms with Crippen molar-refractivity contribution in [1.29, 1.82) is 0 Å². The molecule has 4 atom stereocenters. The molecule has 2 nitrogen and oxygen atoms in total. The molecule has 1 aromatic rings. The fraction of sp³-hybridized carbons (Fsp3) is 0.688. The van der Waals surface area contributed by atoms with E-state index in [-0.39, 0.29) is 0 Å². The molecular formula is C16H24N2. The molecule has 0 aliphatic heterocycles. The van der Waals surface area contributed by atoms with Gasteiger partial charge >= 0.3 is 0 Å². The predicted molar refractivity (Wildman–Crippen MR) is 74.4 cm³/mol. The summed E-state index contributed by atoms with van der Waals surface area (Å²) in [5.74, 6) is 1.66. The van der Waals surface area contributed by atoms with Crippen LogP contribution >= 0.6 is 0 Å². The Kier molecular flexibility index (Phi) is 3.38. The SMILES string of the molecule is CC1CCCC(NC2CCc3cccnc32)C1C. The van der Waals surface area contributed by atoms with Gasteiger partial charge < -0.3 is 5.32 Å². The molecule has 1 fully saturated rings. The van der Waals surface area contributed by atoms with Crippen molar-refractivity contribution < 1.29 is 0 Å². The maximum atomic E-state index is 4.59. The van der Waals surface area contributed by atoms with Crippen LogP contribution in [-0.2, 0) is 6.42 Å². The number of hydrogen-bond donors (Lipinski definition) is 1. The number of aryl methyl sites for hydroxylation is 1. The summed E-state index contributed by atoms with van der Waals surface area (Å²) in [5.41, 5.74) is 2.76. The fourth-order valence-corrected chi connectivity index (χ4v) is 3.65. The molecule has 1 saturated carbocycles. The standard InChI is InChI=1S/C16H24N2/c1-11-5-3-7-14(12(11)2)18-15-9-8-13-6-4-10-17-16(13)15/h4,6,10-12,14-15,18H,3,5,7-9H2,1-2H3. The van der Waals surface area contributed by atoms with Crippen LogP contribution in [0.15, 0.2) is 18.3 Å². The average Bonchev–Trinajstić information content (AvgIpc) is 2.79. The van der Waals surface area contributed by atoms with Crippen LogP contribution in [0, 0.1) is 11.8 Å². The van der Waals surface area contributed by atoms with Gasteiger partial charge in [0, 0.05) is 12.2 Å². The summed E-state index contributed by atoms with van der Waals surface area (Å²) in [7, 11) is 0. The molecule has 0 radical (unpaired) electrons. The molecule has 2 aliphatic carbocycles. The number of hydrogen-bond acceptors (Lipinski definition) is 2. The van der Waals surface area contributed by atoms with Gasteiger partial charge in [-0.05, 0) is 42.7 Å². The Balaban J connectivity index is 1.71. The molecule has 0 aromatic carbocycles. The van der Waals surface area contributed by atoms with Crippen molar-refractivity contribution in [2.24, 2.45) is 11.8 Å². The third kappa shape index (κ3) is 2.18. The summed E-state index contributed by atoms with van der Waals surface area (Å²) in [6, 6.07) is 5.48. The molecule has 1 aromatic heterocycles. The van der Waals surface area contributed by atoms with E-state index in [4.69, 9.17) is 0 Å². The van der Waals surface area contributed by atoms with Crippen molar-refractivity contribution >= 4 is 0 Å². The van der Waals surface area contributed by atoms with Crippen LogP contribution < -0.4 is 5.32 Å². The Morgan fingerprint density at radius 2 is 2.11 bits per heavy atom. The van der Waals surface area contributed by atoms with Crippen LogP contribution in [0.5, 0.6) is 0 Å². The summed E-state index contributed by atoms with van der Waals surface area (Å²) in [6.07, 6.45) is 8.47. The van der Waals surface area contributed by atoms with E-state index in [9.17, 15) is 0 Å². The molecule has 3 rings (SSSR count). The minimum absolute atomic E-state index is 0.499. The molecule has 1 heterocycles. The van der Waals surface area contributed by atoms with E-state index in [1.165, 1.54) is 43.4 Å². The highest BCUT2D eigenvalue weighted by molar-refractivity contribution is 5.28. The maximum absolute atomic E-state index is 4.59. The van der Waals surface area contributed by atoms with Crippen LogP contribution in [0.2, 0.25) is 0 Å². The topological polar surface area (TPSA) is 24.9 Å². The maximum Gasteiger partial charge on any atom is 0.0605 e. The Hall–Kier alpha value is -0.890. The van der Waals surface area contributed by atoms with Crippen molar-refractivity contribution in [2.75, 3.05) is 0 Å². The van der Waals surface area contributed by atoms with E-state index < -0.39 is 0 Å². The van der Waals surface area contributed by atoms with Gasteiger partial charge in [-0.3, -0.25) is 4.98 Å². The quantitative estimate of drug-likeness (QED) is 0.861. The smallest absolute Gasteiger partial charge is 0.0605 e. The highest BCUT2D eigenvalue weighted by atomic mass is 15.0. The first-order chi connectivity index (χ1) is 8.75. The van der Waals surface area contributed by atoms with Gasteiger partial charge in [0.15, 0.2) is 0 Å². The lowest BCUT2D eigenvalue weighted by atomic mass is 9.78. The van der Waals surface area contributed by atoms with E-state index in [2.05, 4.69) is 36.3 Å². The largest absolute Gasteiger partial charge is 0.306 e. The Bertz CT molecular complexity index is 415. The van der Waals surface area contributed by atoms with Crippen molar-refractivity contribution in [3.05, 3.63) is 29.6 Å². The summed E-state index contributed by atoms with van der Waals surface area (Å²) in [5, 5.41) is 3.89. The molecule has 98 valence electrons. The Morgan fingerprint density at radius 1 is 1.22 bits per heavy atom. The predicted octanol–water partition coefficient (Wildman–Crippen LogP) is 3.48. The van der Waals surface area contributed by atoms with Crippen molar-refractivity contribution in [1.82, 2.24) is 10.3 Å².